The maximum Gasteiger partial charge on any atom is 0.417 e. The van der Waals surface area contributed by atoms with Gasteiger partial charge in [0.2, 0.25) is 0 Å². The number of alkyl halides is 3. The molecule has 0 aliphatic rings. The number of rotatable bonds is 1. The molecule has 90 valence electrons. The Morgan fingerprint density at radius 3 is 2.41 bits per heavy atom. The zero-order valence-corrected chi connectivity index (χ0v) is 10.7. The van der Waals surface area contributed by atoms with E-state index in [1.807, 2.05) is 0 Å². The lowest BCUT2D eigenvalue weighted by Crippen LogP contribution is -2.07. The first-order valence-corrected chi connectivity index (χ1v) is 6.09. The van der Waals surface area contributed by atoms with Crippen molar-refractivity contribution in [2.45, 2.75) is 6.18 Å². The number of nitrogens with zero attached hydrogens (tertiary/aromatic N) is 1. The number of anilines is 1. The molecule has 0 fully saturated rings. The second-order valence-electron chi connectivity index (χ2n) is 3.22. The molecular formula is C10H6BrF3N2S. The molecule has 0 saturated carbocycles. The van der Waals surface area contributed by atoms with Crippen molar-refractivity contribution in [3.63, 3.8) is 0 Å². The van der Waals surface area contributed by atoms with E-state index in [0.29, 0.717) is 3.79 Å². The van der Waals surface area contributed by atoms with Crippen molar-refractivity contribution < 1.29 is 13.2 Å². The van der Waals surface area contributed by atoms with Crippen LogP contribution < -0.4 is 5.73 Å². The van der Waals surface area contributed by atoms with E-state index >= 15 is 0 Å². The zero-order valence-electron chi connectivity index (χ0n) is 8.25. The van der Waals surface area contributed by atoms with E-state index in [1.165, 1.54) is 18.2 Å². The number of halogens is 4. The van der Waals surface area contributed by atoms with Crippen molar-refractivity contribution in [3.05, 3.63) is 33.6 Å². The Morgan fingerprint density at radius 1 is 1.24 bits per heavy atom. The Morgan fingerprint density at radius 2 is 1.88 bits per heavy atom. The Labute approximate surface area is 107 Å². The summed E-state index contributed by atoms with van der Waals surface area (Å²) >= 11 is 4.26. The number of nitrogen functional groups attached to an aromatic ring is 1. The van der Waals surface area contributed by atoms with Gasteiger partial charge in [-0.15, -0.1) is 0 Å². The molecular weight excluding hydrogens is 317 g/mol. The van der Waals surface area contributed by atoms with Crippen molar-refractivity contribution >= 4 is 32.4 Å². The minimum atomic E-state index is -4.41. The molecule has 2 aromatic rings. The van der Waals surface area contributed by atoms with Crippen molar-refractivity contribution in [1.29, 1.82) is 0 Å². The molecule has 2 nitrogen and oxygen atoms in total. The molecule has 7 heteroatoms. The minimum Gasteiger partial charge on any atom is -0.375 e. The van der Waals surface area contributed by atoms with Crippen LogP contribution in [0.2, 0.25) is 0 Å². The highest BCUT2D eigenvalue weighted by molar-refractivity contribution is 9.11. The van der Waals surface area contributed by atoms with Crippen molar-refractivity contribution in [2.75, 3.05) is 5.73 Å². The van der Waals surface area contributed by atoms with Gasteiger partial charge in [0.15, 0.2) is 5.13 Å². The first-order valence-electron chi connectivity index (χ1n) is 4.48. The predicted octanol–water partition coefficient (Wildman–Crippen LogP) is 4.17. The molecule has 0 aliphatic heterocycles. The quantitative estimate of drug-likeness (QED) is 0.855. The number of hydrogen-bond acceptors (Lipinski definition) is 3. The zero-order chi connectivity index (χ0) is 12.6. The average molecular weight is 323 g/mol. The molecule has 1 aromatic carbocycles. The van der Waals surface area contributed by atoms with Gasteiger partial charge in [0.25, 0.3) is 0 Å². The first kappa shape index (κ1) is 12.4. The topological polar surface area (TPSA) is 38.9 Å². The SMILES string of the molecule is Nc1nc(-c2ccccc2C(F)(F)F)c(Br)s1. The van der Waals surface area contributed by atoms with Crippen LogP contribution in [0.25, 0.3) is 11.3 Å². The Kier molecular flexibility index (Phi) is 3.13. The van der Waals surface area contributed by atoms with Crippen LogP contribution in [-0.4, -0.2) is 4.98 Å². The number of thiazole rings is 1. The lowest BCUT2D eigenvalue weighted by atomic mass is 10.1. The fourth-order valence-electron chi connectivity index (χ4n) is 1.42. The van der Waals surface area contributed by atoms with Gasteiger partial charge in [-0.2, -0.15) is 13.2 Å². The van der Waals surface area contributed by atoms with Crippen molar-refractivity contribution in [2.24, 2.45) is 0 Å². The van der Waals surface area contributed by atoms with Gasteiger partial charge in [-0.3, -0.25) is 0 Å². The largest absolute Gasteiger partial charge is 0.417 e. The van der Waals surface area contributed by atoms with E-state index in [2.05, 4.69) is 20.9 Å². The molecule has 0 bridgehead atoms. The molecule has 17 heavy (non-hydrogen) atoms. The van der Waals surface area contributed by atoms with Crippen LogP contribution in [0.1, 0.15) is 5.56 Å². The van der Waals surface area contributed by atoms with Gasteiger partial charge < -0.3 is 5.73 Å². The van der Waals surface area contributed by atoms with Gasteiger partial charge >= 0.3 is 6.18 Å². The highest BCUT2D eigenvalue weighted by Crippen LogP contribution is 2.41. The highest BCUT2D eigenvalue weighted by Gasteiger charge is 2.34. The van der Waals surface area contributed by atoms with Crippen LogP contribution in [0.5, 0.6) is 0 Å². The minimum absolute atomic E-state index is 0.0276. The number of benzene rings is 1. The summed E-state index contributed by atoms with van der Waals surface area (Å²) in [7, 11) is 0. The molecule has 1 aromatic heterocycles. The van der Waals surface area contributed by atoms with Gasteiger partial charge in [0, 0.05) is 5.56 Å². The summed E-state index contributed by atoms with van der Waals surface area (Å²) in [6.07, 6.45) is -4.41. The van der Waals surface area contributed by atoms with Crippen LogP contribution in [0.4, 0.5) is 18.3 Å². The molecule has 0 amide bonds. The lowest BCUT2D eigenvalue weighted by Gasteiger charge is -2.11. The van der Waals surface area contributed by atoms with Crippen molar-refractivity contribution in [3.8, 4) is 11.3 Å². The van der Waals surface area contributed by atoms with Crippen LogP contribution >= 0.6 is 27.3 Å². The van der Waals surface area contributed by atoms with E-state index < -0.39 is 11.7 Å². The van der Waals surface area contributed by atoms with Gasteiger partial charge in [-0.1, -0.05) is 29.5 Å². The molecule has 0 saturated heterocycles. The number of nitrogens with two attached hydrogens (primary N) is 1. The van der Waals surface area contributed by atoms with E-state index in [-0.39, 0.29) is 16.4 Å². The third-order valence-corrected chi connectivity index (χ3v) is 3.62. The molecule has 0 radical (unpaired) electrons. The van der Waals surface area contributed by atoms with Crippen LogP contribution in [0.15, 0.2) is 28.1 Å². The predicted molar refractivity (Wildman–Crippen MR) is 64.7 cm³/mol. The summed E-state index contributed by atoms with van der Waals surface area (Å²) in [5, 5.41) is 0.226. The number of aromatic nitrogens is 1. The molecule has 2 rings (SSSR count). The summed E-state index contributed by atoms with van der Waals surface area (Å²) < 4.78 is 38.9. The van der Waals surface area contributed by atoms with E-state index in [9.17, 15) is 13.2 Å². The van der Waals surface area contributed by atoms with Gasteiger partial charge in [0.05, 0.1) is 15.0 Å². The Balaban J connectivity index is 2.64. The second kappa shape index (κ2) is 4.30. The van der Waals surface area contributed by atoms with E-state index in [4.69, 9.17) is 5.73 Å². The third kappa shape index (κ3) is 2.44. The molecule has 0 unspecified atom stereocenters. The van der Waals surface area contributed by atoms with Gasteiger partial charge in [-0.25, -0.2) is 4.98 Å². The van der Waals surface area contributed by atoms with Gasteiger partial charge in [0.1, 0.15) is 0 Å². The molecule has 0 aliphatic carbocycles. The average Bonchev–Trinajstić information content (AvgIpc) is 2.56. The van der Waals surface area contributed by atoms with Crippen LogP contribution in [-0.2, 0) is 6.18 Å². The van der Waals surface area contributed by atoms with E-state index in [0.717, 1.165) is 17.4 Å². The summed E-state index contributed by atoms with van der Waals surface area (Å²) in [5.41, 5.74) is 5.01. The maximum absolute atomic E-state index is 12.8. The number of hydrogen-bond donors (Lipinski definition) is 1. The summed E-state index contributed by atoms with van der Waals surface area (Å²) in [6, 6.07) is 5.28. The first-order chi connectivity index (χ1) is 7.89. The second-order valence-corrected chi connectivity index (χ2v) is 5.57. The lowest BCUT2D eigenvalue weighted by molar-refractivity contribution is -0.137. The summed E-state index contributed by atoms with van der Waals surface area (Å²) in [5.74, 6) is 0. The molecule has 0 spiro atoms. The monoisotopic (exact) mass is 322 g/mol. The van der Waals surface area contributed by atoms with Crippen molar-refractivity contribution in [1.82, 2.24) is 4.98 Å². The van der Waals surface area contributed by atoms with E-state index in [1.54, 1.807) is 0 Å². The summed E-state index contributed by atoms with van der Waals surface area (Å²) in [6.45, 7) is 0. The highest BCUT2D eigenvalue weighted by atomic mass is 79.9. The fraction of sp³-hybridized carbons (Fsp3) is 0.100. The van der Waals surface area contributed by atoms with Gasteiger partial charge in [-0.05, 0) is 22.0 Å². The fourth-order valence-corrected chi connectivity index (χ4v) is 2.79. The molecule has 2 N–H and O–H groups in total. The molecule has 1 heterocycles. The van der Waals surface area contributed by atoms with Crippen LogP contribution in [0.3, 0.4) is 0 Å². The van der Waals surface area contributed by atoms with Crippen LogP contribution in [0, 0.1) is 0 Å². The summed E-state index contributed by atoms with van der Waals surface area (Å²) in [4.78, 5) is 3.90. The standard InChI is InChI=1S/C10H6BrF3N2S/c11-8-7(16-9(15)17-8)5-3-1-2-4-6(5)10(12,13)14/h1-4H,(H2,15,16). The molecule has 0 atom stereocenters. The Bertz CT molecular complexity index is 551. The maximum atomic E-state index is 12.8. The smallest absolute Gasteiger partial charge is 0.375 e. The third-order valence-electron chi connectivity index (χ3n) is 2.09. The normalized spacial score (nSPS) is 11.8. The Hall–Kier alpha value is -1.08.